The number of benzene rings is 2. The summed E-state index contributed by atoms with van der Waals surface area (Å²) in [4.78, 5) is 24.0. The number of ether oxygens (including phenoxy) is 1. The maximum atomic E-state index is 12.7. The Hall–Kier alpha value is -3.34. The molecule has 2 aromatic carbocycles. The van der Waals surface area contributed by atoms with Gasteiger partial charge in [-0.25, -0.2) is 4.79 Å². The van der Waals surface area contributed by atoms with Crippen molar-refractivity contribution in [1.29, 1.82) is 5.26 Å². The second-order valence-corrected chi connectivity index (χ2v) is 5.31. The van der Waals surface area contributed by atoms with Gasteiger partial charge in [-0.05, 0) is 43.3 Å². The Balaban J connectivity index is 2.04. The summed E-state index contributed by atoms with van der Waals surface area (Å²) in [5, 5.41) is 11.3. The van der Waals surface area contributed by atoms with Crippen LogP contribution >= 0.6 is 0 Å². The zero-order chi connectivity index (χ0) is 19.3. The lowest BCUT2D eigenvalue weighted by Crippen LogP contribution is -2.30. The van der Waals surface area contributed by atoms with Gasteiger partial charge in [0.05, 0.1) is 22.8 Å². The number of rotatable bonds is 4. The fourth-order valence-corrected chi connectivity index (χ4v) is 2.01. The summed E-state index contributed by atoms with van der Waals surface area (Å²) in [6.45, 7) is 1.29. The normalized spacial score (nSPS) is 12.0. The highest BCUT2D eigenvalue weighted by Gasteiger charge is 2.31. The molecule has 0 bridgehead atoms. The quantitative estimate of drug-likeness (QED) is 0.840. The van der Waals surface area contributed by atoms with Gasteiger partial charge in [0.25, 0.3) is 5.91 Å². The van der Waals surface area contributed by atoms with Gasteiger partial charge < -0.3 is 10.1 Å². The first-order valence-corrected chi connectivity index (χ1v) is 7.40. The number of hydrogen-bond donors (Lipinski definition) is 1. The summed E-state index contributed by atoms with van der Waals surface area (Å²) in [5.74, 6) is -1.73. The van der Waals surface area contributed by atoms with E-state index in [-0.39, 0.29) is 5.56 Å². The van der Waals surface area contributed by atoms with Crippen molar-refractivity contribution in [2.24, 2.45) is 0 Å². The maximum Gasteiger partial charge on any atom is 0.416 e. The van der Waals surface area contributed by atoms with E-state index < -0.39 is 29.7 Å². The van der Waals surface area contributed by atoms with Crippen LogP contribution in [0.25, 0.3) is 0 Å². The lowest BCUT2D eigenvalue weighted by Gasteiger charge is -2.14. The first kappa shape index (κ1) is 19.0. The highest BCUT2D eigenvalue weighted by Crippen LogP contribution is 2.29. The maximum absolute atomic E-state index is 12.7. The van der Waals surface area contributed by atoms with Crippen LogP contribution < -0.4 is 5.32 Å². The van der Waals surface area contributed by atoms with E-state index in [2.05, 4.69) is 5.32 Å². The van der Waals surface area contributed by atoms with Crippen LogP contribution in [0.2, 0.25) is 0 Å². The predicted molar refractivity (Wildman–Crippen MR) is 86.1 cm³/mol. The minimum Gasteiger partial charge on any atom is -0.449 e. The minimum atomic E-state index is -4.59. The van der Waals surface area contributed by atoms with Gasteiger partial charge in [0.2, 0.25) is 0 Å². The summed E-state index contributed by atoms with van der Waals surface area (Å²) in [7, 11) is 0. The van der Waals surface area contributed by atoms with Crippen LogP contribution in [0.3, 0.4) is 0 Å². The number of hydrogen-bond acceptors (Lipinski definition) is 4. The van der Waals surface area contributed by atoms with Gasteiger partial charge in [0.15, 0.2) is 6.10 Å². The summed E-state index contributed by atoms with van der Waals surface area (Å²) in [6, 6.07) is 11.7. The van der Waals surface area contributed by atoms with E-state index in [9.17, 15) is 22.8 Å². The first-order chi connectivity index (χ1) is 12.2. The van der Waals surface area contributed by atoms with E-state index in [4.69, 9.17) is 10.00 Å². The van der Waals surface area contributed by atoms with Crippen LogP contribution in [-0.4, -0.2) is 18.0 Å². The molecule has 1 unspecified atom stereocenters. The summed E-state index contributed by atoms with van der Waals surface area (Å²) in [5.41, 5.74) is -0.643. The van der Waals surface area contributed by atoms with E-state index in [0.29, 0.717) is 17.3 Å². The second kappa shape index (κ2) is 7.70. The van der Waals surface area contributed by atoms with Crippen molar-refractivity contribution in [2.45, 2.75) is 19.2 Å². The van der Waals surface area contributed by atoms with E-state index >= 15 is 0 Å². The molecule has 26 heavy (non-hydrogen) atoms. The Morgan fingerprint density at radius 3 is 2.50 bits per heavy atom. The Labute approximate surface area is 147 Å². The summed E-state index contributed by atoms with van der Waals surface area (Å²) in [6.07, 6.45) is -5.84. The Kier molecular flexibility index (Phi) is 5.62. The number of amides is 1. The zero-order valence-corrected chi connectivity index (χ0v) is 13.5. The molecule has 0 aromatic heterocycles. The molecule has 0 fully saturated rings. The molecule has 1 N–H and O–H groups in total. The molecule has 0 aliphatic carbocycles. The molecule has 5 nitrogen and oxygen atoms in total. The van der Waals surface area contributed by atoms with Gasteiger partial charge in [-0.3, -0.25) is 4.79 Å². The van der Waals surface area contributed by atoms with Crippen LogP contribution in [0.5, 0.6) is 0 Å². The summed E-state index contributed by atoms with van der Waals surface area (Å²) >= 11 is 0. The van der Waals surface area contributed by atoms with E-state index in [0.717, 1.165) is 12.1 Å². The molecule has 0 aliphatic heterocycles. The average Bonchev–Trinajstić information content (AvgIpc) is 2.61. The van der Waals surface area contributed by atoms with Crippen LogP contribution in [0.15, 0.2) is 48.5 Å². The molecule has 0 saturated carbocycles. The summed E-state index contributed by atoms with van der Waals surface area (Å²) < 4.78 is 43.0. The molecule has 0 heterocycles. The Bertz CT molecular complexity index is 872. The number of halogens is 3. The van der Waals surface area contributed by atoms with Crippen LogP contribution in [0.4, 0.5) is 18.9 Å². The zero-order valence-electron chi connectivity index (χ0n) is 13.5. The van der Waals surface area contributed by atoms with E-state index in [1.165, 1.54) is 19.1 Å². The fourth-order valence-electron chi connectivity index (χ4n) is 2.01. The molecule has 134 valence electrons. The third-order valence-electron chi connectivity index (χ3n) is 3.34. The van der Waals surface area contributed by atoms with Crippen molar-refractivity contribution in [2.75, 3.05) is 5.32 Å². The van der Waals surface area contributed by atoms with Crippen LogP contribution in [0, 0.1) is 11.3 Å². The van der Waals surface area contributed by atoms with Crippen molar-refractivity contribution in [3.05, 3.63) is 65.2 Å². The molecule has 8 heteroatoms. The van der Waals surface area contributed by atoms with Crippen LogP contribution in [-0.2, 0) is 15.7 Å². The third kappa shape index (κ3) is 4.83. The minimum absolute atomic E-state index is 0.314. The number of anilines is 1. The number of carbonyl (C=O) groups is 2. The lowest BCUT2D eigenvalue weighted by molar-refractivity contribution is -0.137. The Morgan fingerprint density at radius 1 is 1.15 bits per heavy atom. The number of nitriles is 1. The standard InChI is InChI=1S/C18H13F3N2O3/c1-11(16(24)23-15-7-2-4-12(8-15)10-22)26-17(25)13-5-3-6-14(9-13)18(19,20)21/h2-9,11H,1H3,(H,23,24). The second-order valence-electron chi connectivity index (χ2n) is 5.31. The number of alkyl halides is 3. The van der Waals surface area contributed by atoms with Crippen molar-refractivity contribution in [3.63, 3.8) is 0 Å². The van der Waals surface area contributed by atoms with Gasteiger partial charge in [-0.2, -0.15) is 18.4 Å². The van der Waals surface area contributed by atoms with Gasteiger partial charge in [-0.15, -0.1) is 0 Å². The molecular weight excluding hydrogens is 349 g/mol. The molecular formula is C18H13F3N2O3. The average molecular weight is 362 g/mol. The van der Waals surface area contributed by atoms with Crippen molar-refractivity contribution < 1.29 is 27.5 Å². The molecule has 0 spiro atoms. The third-order valence-corrected chi connectivity index (χ3v) is 3.34. The monoisotopic (exact) mass is 362 g/mol. The number of nitrogens with zero attached hydrogens (tertiary/aromatic N) is 1. The van der Waals surface area contributed by atoms with Gasteiger partial charge in [0, 0.05) is 5.69 Å². The number of carbonyl (C=O) groups excluding carboxylic acids is 2. The smallest absolute Gasteiger partial charge is 0.416 e. The predicted octanol–water partition coefficient (Wildman–Crippen LogP) is 3.76. The highest BCUT2D eigenvalue weighted by atomic mass is 19.4. The largest absolute Gasteiger partial charge is 0.449 e. The van der Waals surface area contributed by atoms with Crippen LogP contribution in [0.1, 0.15) is 28.4 Å². The molecule has 2 rings (SSSR count). The molecule has 0 radical (unpaired) electrons. The van der Waals surface area contributed by atoms with Crippen molar-refractivity contribution in [1.82, 2.24) is 0 Å². The van der Waals surface area contributed by atoms with Gasteiger partial charge in [0.1, 0.15) is 0 Å². The van der Waals surface area contributed by atoms with Crippen molar-refractivity contribution >= 4 is 17.6 Å². The first-order valence-electron chi connectivity index (χ1n) is 7.40. The SMILES string of the molecule is CC(OC(=O)c1cccc(C(F)(F)F)c1)C(=O)Nc1cccc(C#N)c1. The Morgan fingerprint density at radius 2 is 1.85 bits per heavy atom. The van der Waals surface area contributed by atoms with E-state index in [1.807, 2.05) is 6.07 Å². The molecule has 1 atom stereocenters. The highest BCUT2D eigenvalue weighted by molar-refractivity contribution is 5.97. The topological polar surface area (TPSA) is 79.2 Å². The van der Waals surface area contributed by atoms with Crippen molar-refractivity contribution in [3.8, 4) is 6.07 Å². The molecule has 0 saturated heterocycles. The molecule has 1 amide bonds. The number of nitrogens with one attached hydrogen (secondary N) is 1. The van der Waals surface area contributed by atoms with E-state index in [1.54, 1.807) is 18.2 Å². The fraction of sp³-hybridized carbons (Fsp3) is 0.167. The lowest BCUT2D eigenvalue weighted by atomic mass is 10.1. The number of esters is 1. The molecule has 2 aromatic rings. The van der Waals surface area contributed by atoms with Gasteiger partial charge in [-0.1, -0.05) is 12.1 Å². The van der Waals surface area contributed by atoms with Gasteiger partial charge >= 0.3 is 12.1 Å². The molecule has 0 aliphatic rings.